The quantitative estimate of drug-likeness (QED) is 0.641. The average molecular weight is 202 g/mol. The Hall–Kier alpha value is 0.250. The average Bonchev–Trinajstić information content (AvgIpc) is 1.75. The van der Waals surface area contributed by atoms with Crippen molar-refractivity contribution < 1.29 is 0 Å². The van der Waals surface area contributed by atoms with Crippen molar-refractivity contribution in [2.24, 2.45) is 23.0 Å². The van der Waals surface area contributed by atoms with E-state index in [9.17, 15) is 0 Å². The third kappa shape index (κ3) is 1.41. The van der Waals surface area contributed by atoms with E-state index in [-0.39, 0.29) is 17.9 Å². The van der Waals surface area contributed by atoms with Crippen LogP contribution in [0.5, 0.6) is 0 Å². The van der Waals surface area contributed by atoms with Gasteiger partial charge in [-0.05, 0) is 55.8 Å². The first-order chi connectivity index (χ1) is 5.57. The summed E-state index contributed by atoms with van der Waals surface area (Å²) in [6.07, 6.45) is 8.42. The van der Waals surface area contributed by atoms with Crippen molar-refractivity contribution in [1.82, 2.24) is 0 Å². The van der Waals surface area contributed by atoms with Gasteiger partial charge >= 0.3 is 0 Å². The smallest absolute Gasteiger partial charge is 0.0164 e. The molecule has 76 valence electrons. The van der Waals surface area contributed by atoms with Crippen LogP contribution < -0.4 is 5.73 Å². The Balaban J connectivity index is 0.000000653. The van der Waals surface area contributed by atoms with Gasteiger partial charge in [-0.1, -0.05) is 6.92 Å². The molecule has 4 rings (SSSR count). The molecule has 4 saturated carbocycles. The molecule has 0 spiro atoms. The van der Waals surface area contributed by atoms with Crippen LogP contribution >= 0.6 is 12.4 Å². The van der Waals surface area contributed by atoms with Gasteiger partial charge in [-0.3, -0.25) is 0 Å². The Morgan fingerprint density at radius 1 is 1.08 bits per heavy atom. The maximum absolute atomic E-state index is 6.41. The lowest BCUT2D eigenvalue weighted by Crippen LogP contribution is -2.59. The Morgan fingerprint density at radius 2 is 1.62 bits per heavy atom. The van der Waals surface area contributed by atoms with Crippen LogP contribution in [-0.2, 0) is 0 Å². The minimum Gasteiger partial charge on any atom is -0.325 e. The van der Waals surface area contributed by atoms with Crippen molar-refractivity contribution in [3.63, 3.8) is 0 Å². The zero-order valence-electron chi connectivity index (χ0n) is 8.38. The highest BCUT2D eigenvalue weighted by Gasteiger charge is 2.53. The summed E-state index contributed by atoms with van der Waals surface area (Å²) in [6.45, 7) is 2.46. The number of nitrogens with two attached hydrogens (primary N) is 1. The Bertz CT molecular complexity index is 192. The van der Waals surface area contributed by atoms with Gasteiger partial charge in [-0.2, -0.15) is 0 Å². The third-order valence-corrected chi connectivity index (χ3v) is 4.40. The van der Waals surface area contributed by atoms with Gasteiger partial charge in [0.2, 0.25) is 0 Å². The van der Waals surface area contributed by atoms with E-state index in [0.29, 0.717) is 5.41 Å². The minimum absolute atomic E-state index is 0. The molecular formula is C11H20ClN. The van der Waals surface area contributed by atoms with E-state index >= 15 is 0 Å². The number of hydrogen-bond donors (Lipinski definition) is 1. The van der Waals surface area contributed by atoms with E-state index in [0.717, 1.165) is 11.8 Å². The Labute approximate surface area is 86.9 Å². The molecule has 0 aromatic carbocycles. The summed E-state index contributed by atoms with van der Waals surface area (Å²) in [5.74, 6) is 1.97. The fourth-order valence-electron chi connectivity index (χ4n) is 4.80. The fourth-order valence-corrected chi connectivity index (χ4v) is 4.80. The standard InChI is InChI=1S/C11H19N.ClH/c1-10-3-8-2-9(4-10)6-11(12,5-8)7-10;/h8-9H,2-7,12H2,1H3;1H. The molecule has 13 heavy (non-hydrogen) atoms. The molecule has 4 bridgehead atoms. The van der Waals surface area contributed by atoms with Gasteiger partial charge in [0.05, 0.1) is 0 Å². The molecule has 0 radical (unpaired) electrons. The maximum Gasteiger partial charge on any atom is 0.0164 e. The van der Waals surface area contributed by atoms with Gasteiger partial charge in [-0.15, -0.1) is 12.4 Å². The topological polar surface area (TPSA) is 26.0 Å². The lowest BCUT2D eigenvalue weighted by atomic mass is 9.48. The second-order valence-electron chi connectivity index (χ2n) is 6.13. The molecule has 0 aromatic heterocycles. The number of halogens is 1. The van der Waals surface area contributed by atoms with Crippen molar-refractivity contribution in [3.8, 4) is 0 Å². The van der Waals surface area contributed by atoms with Crippen LogP contribution in [0.15, 0.2) is 0 Å². The monoisotopic (exact) mass is 201 g/mol. The first kappa shape index (κ1) is 9.79. The summed E-state index contributed by atoms with van der Waals surface area (Å²) in [7, 11) is 0. The molecule has 4 fully saturated rings. The van der Waals surface area contributed by atoms with Crippen molar-refractivity contribution in [2.45, 2.75) is 51.0 Å². The molecule has 0 heterocycles. The molecule has 4 aliphatic rings. The number of rotatable bonds is 0. The molecule has 1 nitrogen and oxygen atoms in total. The van der Waals surface area contributed by atoms with E-state index in [2.05, 4.69) is 6.92 Å². The van der Waals surface area contributed by atoms with E-state index in [1.165, 1.54) is 38.5 Å². The normalized spacial score (nSPS) is 57.7. The van der Waals surface area contributed by atoms with Crippen molar-refractivity contribution in [2.75, 3.05) is 0 Å². The highest BCUT2D eigenvalue weighted by molar-refractivity contribution is 5.85. The second-order valence-corrected chi connectivity index (χ2v) is 6.13. The zero-order chi connectivity index (χ0) is 8.40. The van der Waals surface area contributed by atoms with E-state index in [1.54, 1.807) is 0 Å². The van der Waals surface area contributed by atoms with Gasteiger partial charge in [-0.25, -0.2) is 0 Å². The summed E-state index contributed by atoms with van der Waals surface area (Å²) in [6, 6.07) is 0. The molecule has 2 atom stereocenters. The number of hydrogen-bond acceptors (Lipinski definition) is 1. The SMILES string of the molecule is CC12CC3CC(C1)CC(N)(C3)C2.Cl. The highest BCUT2D eigenvalue weighted by atomic mass is 35.5. The predicted molar refractivity (Wildman–Crippen MR) is 57.0 cm³/mol. The van der Waals surface area contributed by atoms with Gasteiger partial charge in [0.25, 0.3) is 0 Å². The third-order valence-electron chi connectivity index (χ3n) is 4.40. The molecule has 2 heteroatoms. The molecule has 2 N–H and O–H groups in total. The largest absolute Gasteiger partial charge is 0.325 e. The fraction of sp³-hybridized carbons (Fsp3) is 1.00. The Kier molecular flexibility index (Phi) is 1.99. The van der Waals surface area contributed by atoms with E-state index < -0.39 is 0 Å². The lowest BCUT2D eigenvalue weighted by molar-refractivity contribution is -0.0563. The van der Waals surface area contributed by atoms with Crippen molar-refractivity contribution in [1.29, 1.82) is 0 Å². The van der Waals surface area contributed by atoms with Crippen LogP contribution in [0, 0.1) is 17.3 Å². The van der Waals surface area contributed by atoms with Gasteiger partial charge in [0, 0.05) is 5.54 Å². The summed E-state index contributed by atoms with van der Waals surface area (Å²) in [5, 5.41) is 0. The Morgan fingerprint density at radius 3 is 2.00 bits per heavy atom. The molecule has 4 aliphatic carbocycles. The molecule has 0 aliphatic heterocycles. The second kappa shape index (κ2) is 2.64. The van der Waals surface area contributed by atoms with Crippen LogP contribution in [0.25, 0.3) is 0 Å². The van der Waals surface area contributed by atoms with Crippen LogP contribution in [0.4, 0.5) is 0 Å². The zero-order valence-corrected chi connectivity index (χ0v) is 9.20. The van der Waals surface area contributed by atoms with Gasteiger partial charge in [0.1, 0.15) is 0 Å². The molecular weight excluding hydrogens is 182 g/mol. The van der Waals surface area contributed by atoms with Crippen molar-refractivity contribution in [3.05, 3.63) is 0 Å². The summed E-state index contributed by atoms with van der Waals surface area (Å²) in [4.78, 5) is 0. The maximum atomic E-state index is 6.41. The van der Waals surface area contributed by atoms with E-state index in [4.69, 9.17) is 5.73 Å². The van der Waals surface area contributed by atoms with E-state index in [1.807, 2.05) is 0 Å². The van der Waals surface area contributed by atoms with Gasteiger partial charge in [0.15, 0.2) is 0 Å². The van der Waals surface area contributed by atoms with Crippen LogP contribution in [-0.4, -0.2) is 5.54 Å². The minimum atomic E-state index is 0. The molecule has 0 aromatic rings. The lowest BCUT2D eigenvalue weighted by Gasteiger charge is -2.60. The van der Waals surface area contributed by atoms with Crippen LogP contribution in [0.3, 0.4) is 0 Å². The van der Waals surface area contributed by atoms with Crippen LogP contribution in [0.1, 0.15) is 45.4 Å². The van der Waals surface area contributed by atoms with Crippen LogP contribution in [0.2, 0.25) is 0 Å². The highest BCUT2D eigenvalue weighted by Crippen LogP contribution is 2.60. The summed E-state index contributed by atoms with van der Waals surface area (Å²) in [5.41, 5.74) is 7.31. The van der Waals surface area contributed by atoms with Gasteiger partial charge < -0.3 is 5.73 Å². The summed E-state index contributed by atoms with van der Waals surface area (Å²) < 4.78 is 0. The molecule has 2 unspecified atom stereocenters. The van der Waals surface area contributed by atoms with Crippen molar-refractivity contribution >= 4 is 12.4 Å². The molecule has 0 saturated heterocycles. The predicted octanol–water partition coefficient (Wildman–Crippen LogP) is 2.73. The molecule has 0 amide bonds. The first-order valence-corrected chi connectivity index (χ1v) is 5.36. The summed E-state index contributed by atoms with van der Waals surface area (Å²) >= 11 is 0. The first-order valence-electron chi connectivity index (χ1n) is 5.36.